The molecule has 0 heterocycles. The molecule has 0 aliphatic carbocycles. The molecule has 1 amide bonds. The predicted octanol–water partition coefficient (Wildman–Crippen LogP) is 2.19. The van der Waals surface area contributed by atoms with E-state index in [0.717, 1.165) is 5.56 Å². The van der Waals surface area contributed by atoms with Crippen molar-refractivity contribution in [3.63, 3.8) is 0 Å². The molecule has 0 spiro atoms. The third-order valence-electron chi connectivity index (χ3n) is 2.79. The van der Waals surface area contributed by atoms with Crippen molar-refractivity contribution in [1.29, 1.82) is 0 Å². The molecule has 0 saturated heterocycles. The second-order valence-corrected chi connectivity index (χ2v) is 4.46. The topological polar surface area (TPSA) is 76.7 Å². The number of hydrogen-bond donors (Lipinski definition) is 2. The van der Waals surface area contributed by atoms with Gasteiger partial charge in [-0.2, -0.15) is 5.10 Å². The van der Waals surface area contributed by atoms with Gasteiger partial charge in [-0.1, -0.05) is 30.3 Å². The standard InChI is InChI=1S/C16H17N3O2/c1-12(13-7-9-14(17)10-8-13)18-19-16(20)11-21-15-5-3-2-4-6-15/h2-10H,11,17H2,1H3,(H,19,20)/b18-12-. The SMILES string of the molecule is C/C(=N/NC(=O)COc1ccccc1)c1ccc(N)cc1. The van der Waals surface area contributed by atoms with Gasteiger partial charge in [0.15, 0.2) is 6.61 Å². The molecule has 0 unspecified atom stereocenters. The molecule has 2 aromatic rings. The van der Waals surface area contributed by atoms with E-state index in [1.54, 1.807) is 24.3 Å². The first-order chi connectivity index (χ1) is 10.1. The normalized spacial score (nSPS) is 11.0. The van der Waals surface area contributed by atoms with Crippen LogP contribution in [0.1, 0.15) is 12.5 Å². The third-order valence-corrected chi connectivity index (χ3v) is 2.79. The van der Waals surface area contributed by atoms with Crippen LogP contribution in [0.3, 0.4) is 0 Å². The molecule has 0 aliphatic heterocycles. The zero-order valence-electron chi connectivity index (χ0n) is 11.7. The number of amides is 1. The molecule has 0 saturated carbocycles. The largest absolute Gasteiger partial charge is 0.484 e. The zero-order valence-corrected chi connectivity index (χ0v) is 11.7. The molecule has 0 atom stereocenters. The van der Waals surface area contributed by atoms with Crippen LogP contribution in [0.4, 0.5) is 5.69 Å². The van der Waals surface area contributed by atoms with E-state index >= 15 is 0 Å². The van der Waals surface area contributed by atoms with Gasteiger partial charge in [0.25, 0.3) is 5.91 Å². The van der Waals surface area contributed by atoms with E-state index in [-0.39, 0.29) is 12.5 Å². The summed E-state index contributed by atoms with van der Waals surface area (Å²) in [4.78, 5) is 11.6. The van der Waals surface area contributed by atoms with E-state index in [4.69, 9.17) is 10.5 Å². The molecule has 21 heavy (non-hydrogen) atoms. The van der Waals surface area contributed by atoms with Gasteiger partial charge in [0.05, 0.1) is 5.71 Å². The van der Waals surface area contributed by atoms with Crippen LogP contribution < -0.4 is 15.9 Å². The predicted molar refractivity (Wildman–Crippen MR) is 83.1 cm³/mol. The number of nitrogens with one attached hydrogen (secondary N) is 1. The number of anilines is 1. The van der Waals surface area contributed by atoms with E-state index in [0.29, 0.717) is 17.1 Å². The molecular weight excluding hydrogens is 266 g/mol. The lowest BCUT2D eigenvalue weighted by Gasteiger charge is -2.05. The lowest BCUT2D eigenvalue weighted by Crippen LogP contribution is -2.25. The van der Waals surface area contributed by atoms with E-state index in [1.165, 1.54) is 0 Å². The molecule has 0 fully saturated rings. The van der Waals surface area contributed by atoms with E-state index in [2.05, 4.69) is 10.5 Å². The van der Waals surface area contributed by atoms with Crippen LogP contribution in [0, 0.1) is 0 Å². The van der Waals surface area contributed by atoms with Crippen molar-refractivity contribution in [3.05, 3.63) is 60.2 Å². The van der Waals surface area contributed by atoms with E-state index in [9.17, 15) is 4.79 Å². The molecule has 2 aromatic carbocycles. The van der Waals surface area contributed by atoms with Crippen LogP contribution in [0.5, 0.6) is 5.75 Å². The Morgan fingerprint density at radius 1 is 1.14 bits per heavy atom. The highest BCUT2D eigenvalue weighted by molar-refractivity contribution is 5.99. The van der Waals surface area contributed by atoms with Crippen molar-refractivity contribution in [1.82, 2.24) is 5.43 Å². The summed E-state index contributed by atoms with van der Waals surface area (Å²) < 4.78 is 5.32. The number of carbonyl (C=O) groups excluding carboxylic acids is 1. The van der Waals surface area contributed by atoms with Gasteiger partial charge in [-0.15, -0.1) is 0 Å². The molecule has 5 heteroatoms. The van der Waals surface area contributed by atoms with Crippen LogP contribution >= 0.6 is 0 Å². The number of hydrogen-bond acceptors (Lipinski definition) is 4. The first kappa shape index (κ1) is 14.6. The molecule has 5 nitrogen and oxygen atoms in total. The number of benzene rings is 2. The fourth-order valence-electron chi connectivity index (χ4n) is 1.63. The van der Waals surface area contributed by atoms with Crippen LogP contribution in [0.15, 0.2) is 59.7 Å². The number of rotatable bonds is 5. The third kappa shape index (κ3) is 4.65. The number of carbonyl (C=O) groups is 1. The molecular formula is C16H17N3O2. The van der Waals surface area contributed by atoms with Gasteiger partial charge in [-0.05, 0) is 36.8 Å². The van der Waals surface area contributed by atoms with Crippen molar-refractivity contribution < 1.29 is 9.53 Å². The van der Waals surface area contributed by atoms with Gasteiger partial charge in [-0.3, -0.25) is 4.79 Å². The van der Waals surface area contributed by atoms with E-state index in [1.807, 2.05) is 37.3 Å². The smallest absolute Gasteiger partial charge is 0.277 e. The minimum absolute atomic E-state index is 0.0808. The Balaban J connectivity index is 1.85. The van der Waals surface area contributed by atoms with Crippen LogP contribution in [0.25, 0.3) is 0 Å². The van der Waals surface area contributed by atoms with Crippen molar-refractivity contribution in [2.45, 2.75) is 6.92 Å². The number of nitrogens with zero attached hydrogens (tertiary/aromatic N) is 1. The number of hydrazone groups is 1. The van der Waals surface area contributed by atoms with Crippen LogP contribution in [-0.4, -0.2) is 18.2 Å². The molecule has 0 bridgehead atoms. The Kier molecular flexibility index (Phi) is 4.93. The summed E-state index contributed by atoms with van der Waals surface area (Å²) in [6.07, 6.45) is 0. The molecule has 0 aliphatic rings. The highest BCUT2D eigenvalue weighted by Gasteiger charge is 2.02. The van der Waals surface area contributed by atoms with Crippen molar-refractivity contribution >= 4 is 17.3 Å². The van der Waals surface area contributed by atoms with E-state index < -0.39 is 0 Å². The Hall–Kier alpha value is -2.82. The van der Waals surface area contributed by atoms with Crippen molar-refractivity contribution in [3.8, 4) is 5.75 Å². The minimum atomic E-state index is -0.311. The van der Waals surface area contributed by atoms with Gasteiger partial charge in [0.1, 0.15) is 5.75 Å². The molecule has 108 valence electrons. The summed E-state index contributed by atoms with van der Waals surface area (Å²) in [5.41, 5.74) is 10.4. The van der Waals surface area contributed by atoms with Gasteiger partial charge in [0, 0.05) is 5.69 Å². The summed E-state index contributed by atoms with van der Waals surface area (Å²) in [6.45, 7) is 1.73. The Morgan fingerprint density at radius 2 is 1.81 bits per heavy atom. The Bertz CT molecular complexity index is 622. The second-order valence-electron chi connectivity index (χ2n) is 4.46. The van der Waals surface area contributed by atoms with Gasteiger partial charge in [0.2, 0.25) is 0 Å². The molecule has 2 rings (SSSR count). The monoisotopic (exact) mass is 283 g/mol. The quantitative estimate of drug-likeness (QED) is 0.501. The van der Waals surface area contributed by atoms with Crippen LogP contribution in [-0.2, 0) is 4.79 Å². The number of para-hydroxylation sites is 1. The van der Waals surface area contributed by atoms with Gasteiger partial charge in [-0.25, -0.2) is 5.43 Å². The summed E-state index contributed by atoms with van der Waals surface area (Å²) in [6, 6.07) is 16.4. The highest BCUT2D eigenvalue weighted by Crippen LogP contribution is 2.08. The maximum absolute atomic E-state index is 11.6. The van der Waals surface area contributed by atoms with Crippen molar-refractivity contribution in [2.75, 3.05) is 12.3 Å². The van der Waals surface area contributed by atoms with Crippen molar-refractivity contribution in [2.24, 2.45) is 5.10 Å². The summed E-state index contributed by atoms with van der Waals surface area (Å²) in [7, 11) is 0. The maximum atomic E-state index is 11.6. The lowest BCUT2D eigenvalue weighted by atomic mass is 10.1. The average Bonchev–Trinajstić information content (AvgIpc) is 2.52. The fourth-order valence-corrected chi connectivity index (χ4v) is 1.63. The number of ether oxygens (including phenoxy) is 1. The number of nitrogen functional groups attached to an aromatic ring is 1. The average molecular weight is 283 g/mol. The minimum Gasteiger partial charge on any atom is -0.484 e. The van der Waals surface area contributed by atoms with Gasteiger partial charge < -0.3 is 10.5 Å². The summed E-state index contributed by atoms with van der Waals surface area (Å²) in [5.74, 6) is 0.334. The Labute approximate surface area is 123 Å². The summed E-state index contributed by atoms with van der Waals surface area (Å²) in [5, 5.41) is 4.03. The number of nitrogens with two attached hydrogens (primary N) is 1. The van der Waals surface area contributed by atoms with Gasteiger partial charge >= 0.3 is 0 Å². The summed E-state index contributed by atoms with van der Waals surface area (Å²) >= 11 is 0. The second kappa shape index (κ2) is 7.09. The molecule has 3 N–H and O–H groups in total. The first-order valence-corrected chi connectivity index (χ1v) is 6.52. The maximum Gasteiger partial charge on any atom is 0.277 e. The molecule has 0 radical (unpaired) electrons. The Morgan fingerprint density at radius 3 is 2.48 bits per heavy atom. The van der Waals surface area contributed by atoms with Crippen LogP contribution in [0.2, 0.25) is 0 Å². The highest BCUT2D eigenvalue weighted by atomic mass is 16.5. The lowest BCUT2D eigenvalue weighted by molar-refractivity contribution is -0.123. The first-order valence-electron chi connectivity index (χ1n) is 6.52. The fraction of sp³-hybridized carbons (Fsp3) is 0.125. The molecule has 0 aromatic heterocycles. The zero-order chi connectivity index (χ0) is 15.1.